The topological polar surface area (TPSA) is 59.2 Å². The summed E-state index contributed by atoms with van der Waals surface area (Å²) in [5.74, 6) is 1.33. The minimum Gasteiger partial charge on any atom is -0.337 e. The summed E-state index contributed by atoms with van der Waals surface area (Å²) < 4.78 is 5.60. The number of aromatic nitrogens is 2. The lowest BCUT2D eigenvalue weighted by atomic mass is 9.94. The molecule has 0 unspecified atom stereocenters. The average Bonchev–Trinajstić information content (AvgIpc) is 3.15. The molecule has 3 aromatic rings. The summed E-state index contributed by atoms with van der Waals surface area (Å²) >= 11 is 0. The maximum Gasteiger partial charge on any atom is 0.249 e. The molecular formula is C23H23N3O2. The molecule has 5 rings (SSSR count). The van der Waals surface area contributed by atoms with Crippen LogP contribution in [0.1, 0.15) is 48.7 Å². The van der Waals surface area contributed by atoms with E-state index in [2.05, 4.69) is 22.3 Å². The molecule has 2 aliphatic rings. The van der Waals surface area contributed by atoms with Gasteiger partial charge in [-0.25, -0.2) is 0 Å². The van der Waals surface area contributed by atoms with E-state index in [0.717, 1.165) is 43.4 Å². The summed E-state index contributed by atoms with van der Waals surface area (Å²) in [5.41, 5.74) is 2.88. The molecule has 1 aliphatic heterocycles. The Morgan fingerprint density at radius 1 is 1.11 bits per heavy atom. The van der Waals surface area contributed by atoms with Gasteiger partial charge in [-0.05, 0) is 38.2 Å². The zero-order chi connectivity index (χ0) is 19.1. The number of hydrogen-bond donors (Lipinski definition) is 0. The molecule has 5 heteroatoms. The molecule has 0 spiro atoms. The van der Waals surface area contributed by atoms with Gasteiger partial charge in [0.15, 0.2) is 0 Å². The Morgan fingerprint density at radius 3 is 2.57 bits per heavy atom. The smallest absolute Gasteiger partial charge is 0.249 e. The highest BCUT2D eigenvalue weighted by atomic mass is 16.5. The summed E-state index contributed by atoms with van der Waals surface area (Å²) in [6.45, 7) is 2.80. The molecule has 0 bridgehead atoms. The highest BCUT2D eigenvalue weighted by molar-refractivity contribution is 5.91. The van der Waals surface area contributed by atoms with Crippen LogP contribution in [-0.2, 0) is 10.2 Å². The third-order valence-corrected chi connectivity index (χ3v) is 6.04. The van der Waals surface area contributed by atoms with Gasteiger partial charge in [0.1, 0.15) is 6.04 Å². The van der Waals surface area contributed by atoms with Crippen LogP contribution in [0.5, 0.6) is 0 Å². The largest absolute Gasteiger partial charge is 0.337 e. The van der Waals surface area contributed by atoms with E-state index in [1.807, 2.05) is 54.3 Å². The van der Waals surface area contributed by atoms with Gasteiger partial charge in [0.05, 0.1) is 5.41 Å². The maximum atomic E-state index is 13.5. The standard InChI is InChI=1S/C23H23N3O2/c1-16-9-11-17(12-10-16)20-24-21(28-25-20)19-8-5-15-26(19)22(27)23(13-14-23)18-6-3-2-4-7-18/h2-4,6-7,9-12,19H,5,8,13-15H2,1H3/t19-/m1/s1. The fourth-order valence-corrected chi connectivity index (χ4v) is 4.24. The van der Waals surface area contributed by atoms with Crippen molar-refractivity contribution in [2.24, 2.45) is 0 Å². The zero-order valence-electron chi connectivity index (χ0n) is 16.0. The fraction of sp³-hybridized carbons (Fsp3) is 0.348. The third-order valence-electron chi connectivity index (χ3n) is 6.04. The average molecular weight is 373 g/mol. The van der Waals surface area contributed by atoms with Crippen molar-refractivity contribution < 1.29 is 9.32 Å². The van der Waals surface area contributed by atoms with Gasteiger partial charge in [-0.3, -0.25) is 4.79 Å². The Balaban J connectivity index is 1.40. The van der Waals surface area contributed by atoms with Crippen molar-refractivity contribution in [3.63, 3.8) is 0 Å². The lowest BCUT2D eigenvalue weighted by Gasteiger charge is -2.27. The lowest BCUT2D eigenvalue weighted by molar-refractivity contribution is -0.135. The van der Waals surface area contributed by atoms with Crippen molar-refractivity contribution in [2.75, 3.05) is 6.54 Å². The van der Waals surface area contributed by atoms with E-state index >= 15 is 0 Å². The number of carbonyl (C=O) groups is 1. The van der Waals surface area contributed by atoms with Gasteiger partial charge in [-0.1, -0.05) is 65.3 Å². The van der Waals surface area contributed by atoms with Gasteiger partial charge >= 0.3 is 0 Å². The molecule has 1 aromatic heterocycles. The van der Waals surface area contributed by atoms with Gasteiger partial charge in [0, 0.05) is 12.1 Å². The zero-order valence-corrected chi connectivity index (χ0v) is 16.0. The molecule has 1 saturated heterocycles. The van der Waals surface area contributed by atoms with E-state index in [9.17, 15) is 4.79 Å². The second kappa shape index (κ2) is 6.59. The molecule has 0 radical (unpaired) electrons. The second-order valence-corrected chi connectivity index (χ2v) is 7.93. The SMILES string of the molecule is Cc1ccc(-c2noc([C@H]3CCCN3C(=O)C3(c4ccccc4)CC3)n2)cc1. The molecule has 28 heavy (non-hydrogen) atoms. The van der Waals surface area contributed by atoms with Gasteiger partial charge < -0.3 is 9.42 Å². The van der Waals surface area contributed by atoms with Crippen LogP contribution in [0.4, 0.5) is 0 Å². The first-order valence-corrected chi connectivity index (χ1v) is 9.95. The number of aryl methyl sites for hydroxylation is 1. The molecule has 1 aliphatic carbocycles. The van der Waals surface area contributed by atoms with Crippen LogP contribution in [0.3, 0.4) is 0 Å². The van der Waals surface area contributed by atoms with E-state index in [-0.39, 0.29) is 17.4 Å². The van der Waals surface area contributed by atoms with Crippen LogP contribution in [0, 0.1) is 6.92 Å². The molecule has 1 atom stereocenters. The summed E-state index contributed by atoms with van der Waals surface area (Å²) in [6, 6.07) is 18.1. The van der Waals surface area contributed by atoms with Crippen molar-refractivity contribution >= 4 is 5.91 Å². The van der Waals surface area contributed by atoms with E-state index < -0.39 is 0 Å². The molecule has 2 aromatic carbocycles. The Labute approximate surface area is 164 Å². The first-order valence-electron chi connectivity index (χ1n) is 9.95. The molecule has 1 saturated carbocycles. The Morgan fingerprint density at radius 2 is 1.86 bits per heavy atom. The van der Waals surface area contributed by atoms with Crippen LogP contribution >= 0.6 is 0 Å². The number of carbonyl (C=O) groups excluding carboxylic acids is 1. The number of nitrogens with zero attached hydrogens (tertiary/aromatic N) is 3. The predicted molar refractivity (Wildman–Crippen MR) is 106 cm³/mol. The quantitative estimate of drug-likeness (QED) is 0.678. The summed E-state index contributed by atoms with van der Waals surface area (Å²) in [4.78, 5) is 20.1. The number of rotatable bonds is 4. The molecule has 5 nitrogen and oxygen atoms in total. The van der Waals surface area contributed by atoms with Crippen molar-refractivity contribution in [3.05, 3.63) is 71.6 Å². The normalized spacial score (nSPS) is 20.3. The highest BCUT2D eigenvalue weighted by Gasteiger charge is 2.54. The summed E-state index contributed by atoms with van der Waals surface area (Å²) in [6.07, 6.45) is 3.66. The van der Waals surface area contributed by atoms with Crippen LogP contribution in [-0.4, -0.2) is 27.5 Å². The highest BCUT2D eigenvalue weighted by Crippen LogP contribution is 2.51. The van der Waals surface area contributed by atoms with Gasteiger partial charge in [0.2, 0.25) is 17.6 Å². The summed E-state index contributed by atoms with van der Waals surface area (Å²) in [5, 5.41) is 4.17. The Hall–Kier alpha value is -2.95. The van der Waals surface area contributed by atoms with Crippen molar-refractivity contribution in [1.82, 2.24) is 15.0 Å². The van der Waals surface area contributed by atoms with Crippen molar-refractivity contribution in [2.45, 2.75) is 44.1 Å². The minimum atomic E-state index is -0.357. The molecular weight excluding hydrogens is 350 g/mol. The first kappa shape index (κ1) is 17.2. The van der Waals surface area contributed by atoms with Crippen molar-refractivity contribution in [3.8, 4) is 11.4 Å². The van der Waals surface area contributed by atoms with Gasteiger partial charge in [-0.2, -0.15) is 4.98 Å². The maximum absolute atomic E-state index is 13.5. The number of likely N-dealkylation sites (tertiary alicyclic amines) is 1. The van der Waals surface area contributed by atoms with Gasteiger partial charge in [0.25, 0.3) is 0 Å². The molecule has 2 heterocycles. The van der Waals surface area contributed by atoms with Crippen LogP contribution in [0.15, 0.2) is 59.1 Å². The van der Waals surface area contributed by atoms with Crippen molar-refractivity contribution in [1.29, 1.82) is 0 Å². The molecule has 0 N–H and O–H groups in total. The lowest BCUT2D eigenvalue weighted by Crippen LogP contribution is -2.39. The van der Waals surface area contributed by atoms with Crippen LogP contribution in [0.25, 0.3) is 11.4 Å². The van der Waals surface area contributed by atoms with E-state index in [0.29, 0.717) is 11.7 Å². The van der Waals surface area contributed by atoms with E-state index in [1.165, 1.54) is 5.56 Å². The monoisotopic (exact) mass is 373 g/mol. The third kappa shape index (κ3) is 2.82. The Kier molecular flexibility index (Phi) is 4.04. The molecule has 1 amide bonds. The molecule has 142 valence electrons. The number of benzene rings is 2. The summed E-state index contributed by atoms with van der Waals surface area (Å²) in [7, 11) is 0. The van der Waals surface area contributed by atoms with Crippen LogP contribution in [0.2, 0.25) is 0 Å². The van der Waals surface area contributed by atoms with Gasteiger partial charge in [-0.15, -0.1) is 0 Å². The minimum absolute atomic E-state index is 0.125. The second-order valence-electron chi connectivity index (χ2n) is 7.93. The van der Waals surface area contributed by atoms with E-state index in [4.69, 9.17) is 4.52 Å². The Bertz CT molecular complexity index is 990. The number of hydrogen-bond acceptors (Lipinski definition) is 4. The first-order chi connectivity index (χ1) is 13.7. The fourth-order valence-electron chi connectivity index (χ4n) is 4.24. The predicted octanol–water partition coefficient (Wildman–Crippen LogP) is 4.44. The van der Waals surface area contributed by atoms with E-state index in [1.54, 1.807) is 0 Å². The number of amides is 1. The van der Waals surface area contributed by atoms with Crippen LogP contribution < -0.4 is 0 Å². The molecule has 2 fully saturated rings.